The second-order valence-corrected chi connectivity index (χ2v) is 5.06. The van der Waals surface area contributed by atoms with Gasteiger partial charge in [0.05, 0.1) is 6.07 Å². The van der Waals surface area contributed by atoms with Crippen molar-refractivity contribution in [1.29, 1.82) is 5.26 Å². The Balaban J connectivity index is 4.19. The van der Waals surface area contributed by atoms with Crippen molar-refractivity contribution in [2.24, 2.45) is 10.8 Å². The fourth-order valence-corrected chi connectivity index (χ4v) is 0.982. The zero-order chi connectivity index (χ0) is 12.1. The van der Waals surface area contributed by atoms with Gasteiger partial charge in [0.15, 0.2) is 0 Å². The molecule has 1 amide bonds. The van der Waals surface area contributed by atoms with E-state index in [2.05, 4.69) is 5.32 Å². The Morgan fingerprint density at radius 2 is 1.93 bits per heavy atom. The van der Waals surface area contributed by atoms with E-state index in [9.17, 15) is 4.79 Å². The van der Waals surface area contributed by atoms with Crippen LogP contribution in [0.4, 0.5) is 0 Å². The zero-order valence-electron chi connectivity index (χ0n) is 9.92. The van der Waals surface area contributed by atoms with E-state index in [1.54, 1.807) is 13.8 Å². The van der Waals surface area contributed by atoms with Crippen LogP contribution in [0.5, 0.6) is 0 Å². The Morgan fingerprint density at radius 1 is 1.40 bits per heavy atom. The highest BCUT2D eigenvalue weighted by molar-refractivity contribution is 5.84. The minimum atomic E-state index is -0.991. The Hall–Kier alpha value is -1.08. The maximum Gasteiger partial charge on any atom is 0.239 e. The average Bonchev–Trinajstić information content (AvgIpc) is 2.14. The summed E-state index contributed by atoms with van der Waals surface area (Å²) in [5, 5.41) is 20.3. The van der Waals surface area contributed by atoms with Crippen molar-refractivity contribution in [3.05, 3.63) is 0 Å². The molecular weight excluding hydrogens is 192 g/mol. The number of carbonyl (C=O) groups excluding carboxylic acids is 1. The van der Waals surface area contributed by atoms with Crippen LogP contribution in [-0.4, -0.2) is 24.2 Å². The summed E-state index contributed by atoms with van der Waals surface area (Å²) in [7, 11) is 0. The maximum atomic E-state index is 11.6. The SMILES string of the molecule is CC(C)(CCO)CNC(=O)C(C)(C)C#N. The van der Waals surface area contributed by atoms with Crippen molar-refractivity contribution in [2.75, 3.05) is 13.2 Å². The lowest BCUT2D eigenvalue weighted by atomic mass is 9.88. The van der Waals surface area contributed by atoms with E-state index in [0.717, 1.165) is 0 Å². The van der Waals surface area contributed by atoms with Gasteiger partial charge in [0, 0.05) is 13.2 Å². The van der Waals surface area contributed by atoms with Gasteiger partial charge in [-0.05, 0) is 25.7 Å². The number of nitrogens with one attached hydrogen (secondary N) is 1. The Morgan fingerprint density at radius 3 is 2.33 bits per heavy atom. The lowest BCUT2D eigenvalue weighted by Gasteiger charge is -2.25. The number of nitrogens with zero attached hydrogens (tertiary/aromatic N) is 1. The third-order valence-corrected chi connectivity index (χ3v) is 2.36. The standard InChI is InChI=1S/C11H20N2O2/c1-10(2,5-6-14)8-13-9(15)11(3,4)7-12/h14H,5-6,8H2,1-4H3,(H,13,15). The lowest BCUT2D eigenvalue weighted by Crippen LogP contribution is -2.41. The number of hydrogen-bond donors (Lipinski definition) is 2. The van der Waals surface area contributed by atoms with Crippen LogP contribution in [0.15, 0.2) is 0 Å². The Labute approximate surface area is 91.3 Å². The smallest absolute Gasteiger partial charge is 0.239 e. The van der Waals surface area contributed by atoms with Gasteiger partial charge in [0.25, 0.3) is 0 Å². The molecule has 0 aliphatic carbocycles. The van der Waals surface area contributed by atoms with Crippen molar-refractivity contribution >= 4 is 5.91 Å². The van der Waals surface area contributed by atoms with E-state index in [-0.39, 0.29) is 17.9 Å². The van der Waals surface area contributed by atoms with Crippen molar-refractivity contribution in [1.82, 2.24) is 5.32 Å². The molecule has 0 aliphatic rings. The number of carbonyl (C=O) groups is 1. The molecule has 0 aliphatic heterocycles. The molecule has 0 rings (SSSR count). The molecule has 0 atom stereocenters. The lowest BCUT2D eigenvalue weighted by molar-refractivity contribution is -0.127. The van der Waals surface area contributed by atoms with Gasteiger partial charge in [-0.3, -0.25) is 4.79 Å². The molecule has 0 radical (unpaired) electrons. The van der Waals surface area contributed by atoms with Crippen molar-refractivity contribution in [3.63, 3.8) is 0 Å². The fourth-order valence-electron chi connectivity index (χ4n) is 0.982. The molecule has 0 heterocycles. The first-order valence-corrected chi connectivity index (χ1v) is 5.05. The van der Waals surface area contributed by atoms with Gasteiger partial charge in [-0.15, -0.1) is 0 Å². The molecule has 0 aromatic carbocycles. The second kappa shape index (κ2) is 5.13. The van der Waals surface area contributed by atoms with E-state index in [0.29, 0.717) is 13.0 Å². The Bertz CT molecular complexity index is 264. The van der Waals surface area contributed by atoms with Crippen LogP contribution in [0.3, 0.4) is 0 Å². The predicted molar refractivity (Wildman–Crippen MR) is 57.9 cm³/mol. The summed E-state index contributed by atoms with van der Waals surface area (Å²) in [5.74, 6) is -0.268. The van der Waals surface area contributed by atoms with E-state index < -0.39 is 5.41 Å². The quantitative estimate of drug-likeness (QED) is 0.715. The summed E-state index contributed by atoms with van der Waals surface area (Å²) in [6.45, 7) is 7.66. The molecule has 0 spiro atoms. The summed E-state index contributed by atoms with van der Waals surface area (Å²) in [5.41, 5.74) is -1.13. The van der Waals surface area contributed by atoms with Crippen LogP contribution in [0.1, 0.15) is 34.1 Å². The largest absolute Gasteiger partial charge is 0.396 e. The summed E-state index contributed by atoms with van der Waals surface area (Å²) in [6.07, 6.45) is 0.625. The molecule has 0 aromatic heterocycles. The first kappa shape index (κ1) is 13.9. The monoisotopic (exact) mass is 212 g/mol. The number of amides is 1. The average molecular weight is 212 g/mol. The van der Waals surface area contributed by atoms with Gasteiger partial charge in [0.2, 0.25) is 5.91 Å². The van der Waals surface area contributed by atoms with Crippen LogP contribution in [0, 0.1) is 22.2 Å². The maximum absolute atomic E-state index is 11.6. The Kier molecular flexibility index (Phi) is 4.76. The molecule has 0 saturated carbocycles. The van der Waals surface area contributed by atoms with E-state index in [1.165, 1.54) is 0 Å². The third kappa shape index (κ3) is 4.80. The molecule has 86 valence electrons. The van der Waals surface area contributed by atoms with Crippen LogP contribution in [0.2, 0.25) is 0 Å². The molecule has 0 fully saturated rings. The molecule has 0 saturated heterocycles. The van der Waals surface area contributed by atoms with Crippen molar-refractivity contribution in [3.8, 4) is 6.07 Å². The number of nitriles is 1. The van der Waals surface area contributed by atoms with Crippen LogP contribution >= 0.6 is 0 Å². The van der Waals surface area contributed by atoms with E-state index in [1.807, 2.05) is 19.9 Å². The highest BCUT2D eigenvalue weighted by Crippen LogP contribution is 2.19. The fraction of sp³-hybridized carbons (Fsp3) is 0.818. The van der Waals surface area contributed by atoms with Gasteiger partial charge >= 0.3 is 0 Å². The van der Waals surface area contributed by atoms with E-state index in [4.69, 9.17) is 10.4 Å². The van der Waals surface area contributed by atoms with Crippen LogP contribution < -0.4 is 5.32 Å². The van der Waals surface area contributed by atoms with Gasteiger partial charge in [0.1, 0.15) is 5.41 Å². The number of hydrogen-bond acceptors (Lipinski definition) is 3. The zero-order valence-corrected chi connectivity index (χ0v) is 9.92. The van der Waals surface area contributed by atoms with Crippen molar-refractivity contribution in [2.45, 2.75) is 34.1 Å². The molecule has 0 aromatic rings. The molecule has 0 bridgehead atoms. The summed E-state index contributed by atoms with van der Waals surface area (Å²) in [6, 6.07) is 1.95. The highest BCUT2D eigenvalue weighted by atomic mass is 16.3. The van der Waals surface area contributed by atoms with Gasteiger partial charge < -0.3 is 10.4 Å². The summed E-state index contributed by atoms with van der Waals surface area (Å²) in [4.78, 5) is 11.6. The van der Waals surface area contributed by atoms with Gasteiger partial charge in [-0.1, -0.05) is 13.8 Å². The minimum Gasteiger partial charge on any atom is -0.396 e. The number of rotatable bonds is 5. The topological polar surface area (TPSA) is 73.1 Å². The molecular formula is C11H20N2O2. The van der Waals surface area contributed by atoms with Gasteiger partial charge in [-0.25, -0.2) is 0 Å². The van der Waals surface area contributed by atoms with E-state index >= 15 is 0 Å². The van der Waals surface area contributed by atoms with Gasteiger partial charge in [-0.2, -0.15) is 5.26 Å². The molecule has 4 nitrogen and oxygen atoms in total. The molecule has 0 unspecified atom stereocenters. The highest BCUT2D eigenvalue weighted by Gasteiger charge is 2.28. The minimum absolute atomic E-state index is 0.102. The predicted octanol–water partition coefficient (Wildman–Crippen LogP) is 1.06. The summed E-state index contributed by atoms with van der Waals surface area (Å²) < 4.78 is 0. The normalized spacial score (nSPS) is 12.0. The first-order chi connectivity index (χ1) is 6.75. The molecule has 15 heavy (non-hydrogen) atoms. The number of aliphatic hydroxyl groups excluding tert-OH is 1. The first-order valence-electron chi connectivity index (χ1n) is 5.05. The van der Waals surface area contributed by atoms with Crippen LogP contribution in [-0.2, 0) is 4.79 Å². The van der Waals surface area contributed by atoms with Crippen molar-refractivity contribution < 1.29 is 9.90 Å². The number of aliphatic hydroxyl groups is 1. The molecule has 4 heteroatoms. The van der Waals surface area contributed by atoms with Crippen LogP contribution in [0.25, 0.3) is 0 Å². The molecule has 2 N–H and O–H groups in total. The summed E-state index contributed by atoms with van der Waals surface area (Å²) >= 11 is 0. The third-order valence-electron chi connectivity index (χ3n) is 2.36. The second-order valence-electron chi connectivity index (χ2n) is 5.06.